The van der Waals surface area contributed by atoms with Crippen molar-refractivity contribution in [2.45, 2.75) is 0 Å². The van der Waals surface area contributed by atoms with Crippen LogP contribution in [-0.4, -0.2) is 23.9 Å². The molecule has 2 N–H and O–H groups in total. The van der Waals surface area contributed by atoms with Crippen LogP contribution in [0.25, 0.3) is 5.76 Å². The number of halogens is 1. The maximum atomic E-state index is 11.8. The molecule has 0 aromatic heterocycles. The average molecular weight is 332 g/mol. The summed E-state index contributed by atoms with van der Waals surface area (Å²) in [5, 5.41) is 12.8. The topological polar surface area (TPSA) is 75.6 Å². The van der Waals surface area contributed by atoms with Crippen molar-refractivity contribution in [1.82, 2.24) is 0 Å². The van der Waals surface area contributed by atoms with Crippen molar-refractivity contribution in [2.75, 3.05) is 12.4 Å². The van der Waals surface area contributed by atoms with E-state index >= 15 is 0 Å². The molecule has 1 amide bonds. The number of aliphatic hydroxyl groups is 1. The molecule has 0 aliphatic carbocycles. The summed E-state index contributed by atoms with van der Waals surface area (Å²) in [5.74, 6) is -1.39. The molecule has 0 unspecified atom stereocenters. The fourth-order valence-electron chi connectivity index (χ4n) is 1.76. The zero-order valence-electron chi connectivity index (χ0n) is 12.2. The molecule has 0 fully saturated rings. The third kappa shape index (κ3) is 4.59. The Morgan fingerprint density at radius 1 is 1.09 bits per heavy atom. The number of amides is 1. The van der Waals surface area contributed by atoms with E-state index in [1.54, 1.807) is 48.5 Å². The first-order valence-electron chi connectivity index (χ1n) is 6.65. The molecule has 0 aliphatic heterocycles. The van der Waals surface area contributed by atoms with Crippen molar-refractivity contribution >= 4 is 34.7 Å². The van der Waals surface area contributed by atoms with Gasteiger partial charge in [-0.2, -0.15) is 0 Å². The highest BCUT2D eigenvalue weighted by Gasteiger charge is 2.13. The molecule has 0 bridgehead atoms. The molecular weight excluding hydrogens is 318 g/mol. The van der Waals surface area contributed by atoms with E-state index < -0.39 is 11.7 Å². The Kier molecular flexibility index (Phi) is 5.38. The molecule has 6 heteroatoms. The van der Waals surface area contributed by atoms with Gasteiger partial charge in [0.25, 0.3) is 5.91 Å². The van der Waals surface area contributed by atoms with Crippen LogP contribution in [0.2, 0.25) is 5.02 Å². The number of benzene rings is 2. The van der Waals surface area contributed by atoms with Crippen molar-refractivity contribution in [1.29, 1.82) is 0 Å². The summed E-state index contributed by atoms with van der Waals surface area (Å²) in [6, 6.07) is 12.7. The lowest BCUT2D eigenvalue weighted by Crippen LogP contribution is -2.21. The van der Waals surface area contributed by atoms with Gasteiger partial charge in [0, 0.05) is 22.3 Å². The molecule has 0 saturated carbocycles. The largest absolute Gasteiger partial charge is 0.507 e. The maximum Gasteiger partial charge on any atom is 0.296 e. The lowest BCUT2D eigenvalue weighted by molar-refractivity contribution is -0.131. The quantitative estimate of drug-likeness (QED) is 0.500. The Hall–Kier alpha value is -2.79. The lowest BCUT2D eigenvalue weighted by atomic mass is 10.1. The molecule has 5 nitrogen and oxygen atoms in total. The number of ketones is 1. The summed E-state index contributed by atoms with van der Waals surface area (Å²) >= 11 is 5.74. The first-order valence-corrected chi connectivity index (χ1v) is 7.03. The number of carbonyl (C=O) groups is 2. The maximum absolute atomic E-state index is 11.8. The van der Waals surface area contributed by atoms with E-state index in [-0.39, 0.29) is 5.76 Å². The number of methoxy groups -OCH3 is 1. The fourth-order valence-corrected chi connectivity index (χ4v) is 1.89. The summed E-state index contributed by atoms with van der Waals surface area (Å²) in [5.41, 5.74) is 0.837. The highest BCUT2D eigenvalue weighted by atomic mass is 35.5. The van der Waals surface area contributed by atoms with Gasteiger partial charge in [0.15, 0.2) is 0 Å². The Labute approximate surface area is 138 Å². The molecule has 23 heavy (non-hydrogen) atoms. The van der Waals surface area contributed by atoms with E-state index in [0.29, 0.717) is 22.0 Å². The van der Waals surface area contributed by atoms with Crippen LogP contribution < -0.4 is 10.1 Å². The Morgan fingerprint density at radius 2 is 1.70 bits per heavy atom. The second kappa shape index (κ2) is 7.47. The van der Waals surface area contributed by atoms with Crippen LogP contribution in [0.5, 0.6) is 5.75 Å². The first-order chi connectivity index (χ1) is 11.0. The Balaban J connectivity index is 2.05. The molecule has 2 aromatic carbocycles. The van der Waals surface area contributed by atoms with Crippen LogP contribution in [0.15, 0.2) is 54.6 Å². The van der Waals surface area contributed by atoms with Gasteiger partial charge in [-0.05, 0) is 48.5 Å². The van der Waals surface area contributed by atoms with Crippen molar-refractivity contribution in [3.05, 3.63) is 65.2 Å². The van der Waals surface area contributed by atoms with Crippen LogP contribution in [0.3, 0.4) is 0 Å². The molecular formula is C17H14ClNO4. The number of carbonyl (C=O) groups excluding carboxylic acids is 2. The smallest absolute Gasteiger partial charge is 0.296 e. The molecule has 0 atom stereocenters. The minimum atomic E-state index is -0.867. The van der Waals surface area contributed by atoms with Gasteiger partial charge in [-0.3, -0.25) is 9.59 Å². The number of rotatable bonds is 5. The van der Waals surface area contributed by atoms with E-state index in [9.17, 15) is 14.7 Å². The highest BCUT2D eigenvalue weighted by molar-refractivity contribution is 6.45. The number of ether oxygens (including phenoxy) is 1. The average Bonchev–Trinajstić information content (AvgIpc) is 2.56. The standard InChI is InChI=1S/C17H14ClNO4/c1-23-14-8-6-13(7-9-14)19-17(22)16(21)10-15(20)11-2-4-12(18)5-3-11/h2-10,20H,1H3,(H,19,22). The fraction of sp³-hybridized carbons (Fsp3) is 0.0588. The minimum absolute atomic E-state index is 0.309. The molecule has 2 aromatic rings. The SMILES string of the molecule is COc1ccc(NC(=O)C(=O)C=C(O)c2ccc(Cl)cc2)cc1. The van der Waals surface area contributed by atoms with Crippen LogP contribution in [0.1, 0.15) is 5.56 Å². The van der Waals surface area contributed by atoms with Crippen LogP contribution >= 0.6 is 11.6 Å². The van der Waals surface area contributed by atoms with Crippen molar-refractivity contribution in [3.8, 4) is 5.75 Å². The number of hydrogen-bond donors (Lipinski definition) is 2. The number of anilines is 1. The number of hydrogen-bond acceptors (Lipinski definition) is 4. The highest BCUT2D eigenvalue weighted by Crippen LogP contribution is 2.17. The van der Waals surface area contributed by atoms with E-state index in [4.69, 9.17) is 16.3 Å². The van der Waals surface area contributed by atoms with Gasteiger partial charge in [0.2, 0.25) is 5.78 Å². The van der Waals surface area contributed by atoms with Gasteiger partial charge in [-0.15, -0.1) is 0 Å². The van der Waals surface area contributed by atoms with Gasteiger partial charge >= 0.3 is 0 Å². The van der Waals surface area contributed by atoms with Crippen LogP contribution in [-0.2, 0) is 9.59 Å². The molecule has 118 valence electrons. The predicted octanol–water partition coefficient (Wildman–Crippen LogP) is 3.46. The third-order valence-electron chi connectivity index (χ3n) is 2.98. The molecule has 0 aliphatic rings. The summed E-state index contributed by atoms with van der Waals surface area (Å²) < 4.78 is 5.00. The van der Waals surface area contributed by atoms with E-state index in [0.717, 1.165) is 6.08 Å². The van der Waals surface area contributed by atoms with Crippen LogP contribution in [0.4, 0.5) is 5.69 Å². The molecule has 0 saturated heterocycles. The normalized spacial score (nSPS) is 11.0. The molecule has 0 heterocycles. The van der Waals surface area contributed by atoms with Gasteiger partial charge < -0.3 is 15.2 Å². The van der Waals surface area contributed by atoms with E-state index in [1.165, 1.54) is 7.11 Å². The van der Waals surface area contributed by atoms with Crippen molar-refractivity contribution in [2.24, 2.45) is 0 Å². The first kappa shape index (κ1) is 16.6. The second-order valence-electron chi connectivity index (χ2n) is 4.58. The molecule has 0 radical (unpaired) electrons. The molecule has 2 rings (SSSR count). The summed E-state index contributed by atoms with van der Waals surface area (Å²) in [6.07, 6.45) is 0.863. The summed E-state index contributed by atoms with van der Waals surface area (Å²) in [7, 11) is 1.53. The summed E-state index contributed by atoms with van der Waals surface area (Å²) in [4.78, 5) is 23.6. The lowest BCUT2D eigenvalue weighted by Gasteiger charge is -2.05. The van der Waals surface area contributed by atoms with Gasteiger partial charge in [-0.1, -0.05) is 11.6 Å². The second-order valence-corrected chi connectivity index (χ2v) is 5.02. The Bertz CT molecular complexity index is 736. The van der Waals surface area contributed by atoms with Gasteiger partial charge in [0.05, 0.1) is 7.11 Å². The van der Waals surface area contributed by atoms with Crippen molar-refractivity contribution < 1.29 is 19.4 Å². The number of nitrogens with one attached hydrogen (secondary N) is 1. The Morgan fingerprint density at radius 3 is 2.26 bits per heavy atom. The zero-order valence-corrected chi connectivity index (χ0v) is 13.0. The van der Waals surface area contributed by atoms with Crippen LogP contribution in [0, 0.1) is 0 Å². The zero-order chi connectivity index (χ0) is 16.8. The predicted molar refractivity (Wildman–Crippen MR) is 88.7 cm³/mol. The van der Waals surface area contributed by atoms with E-state index in [2.05, 4.69) is 5.32 Å². The summed E-state index contributed by atoms with van der Waals surface area (Å²) in [6.45, 7) is 0. The van der Waals surface area contributed by atoms with Gasteiger partial charge in [-0.25, -0.2) is 0 Å². The van der Waals surface area contributed by atoms with E-state index in [1.807, 2.05) is 0 Å². The number of aliphatic hydroxyl groups excluding tert-OH is 1. The third-order valence-corrected chi connectivity index (χ3v) is 3.23. The molecule has 0 spiro atoms. The monoisotopic (exact) mass is 331 g/mol. The van der Waals surface area contributed by atoms with Gasteiger partial charge in [0.1, 0.15) is 11.5 Å². The minimum Gasteiger partial charge on any atom is -0.507 e. The van der Waals surface area contributed by atoms with Crippen molar-refractivity contribution in [3.63, 3.8) is 0 Å².